The van der Waals surface area contributed by atoms with E-state index in [1.807, 2.05) is 14.2 Å². The summed E-state index contributed by atoms with van der Waals surface area (Å²) >= 11 is 0. The zero-order chi connectivity index (χ0) is 12.6. The molecule has 0 aliphatic rings. The third-order valence-corrected chi connectivity index (χ3v) is 11.5. The molecule has 1 unspecified atom stereocenters. The molecule has 0 bridgehead atoms. The van der Waals surface area contributed by atoms with E-state index in [0.29, 0.717) is 0 Å². The van der Waals surface area contributed by atoms with Crippen LogP contribution in [0, 0.1) is 0 Å². The summed E-state index contributed by atoms with van der Waals surface area (Å²) < 4.78 is 11.2. The Hall–Kier alpha value is 0.354. The summed E-state index contributed by atoms with van der Waals surface area (Å²) in [4.78, 5) is 0. The van der Waals surface area contributed by atoms with Crippen LogP contribution in [-0.4, -0.2) is 31.6 Å². The number of unbranched alkanes of at least 4 members (excludes halogenated alkanes) is 3. The van der Waals surface area contributed by atoms with Crippen LogP contribution in [0.3, 0.4) is 0 Å². The van der Waals surface area contributed by atoms with E-state index in [9.17, 15) is 0 Å². The van der Waals surface area contributed by atoms with Gasteiger partial charge in [-0.3, -0.25) is 0 Å². The van der Waals surface area contributed by atoms with E-state index < -0.39 is 17.4 Å². The fourth-order valence-corrected chi connectivity index (χ4v) is 8.70. The summed E-state index contributed by atoms with van der Waals surface area (Å²) in [5.41, 5.74) is 0. The van der Waals surface area contributed by atoms with E-state index in [4.69, 9.17) is 8.85 Å². The Morgan fingerprint density at radius 3 is 1.94 bits per heavy atom. The Kier molecular flexibility index (Phi) is 8.63. The Morgan fingerprint density at radius 2 is 1.56 bits per heavy atom. The first-order chi connectivity index (χ1) is 7.47. The molecule has 0 aromatic heterocycles. The summed E-state index contributed by atoms with van der Waals surface area (Å²) in [6.45, 7) is 9.58. The number of hydrogen-bond acceptors (Lipinski definition) is 2. The van der Waals surface area contributed by atoms with Gasteiger partial charge in [0.1, 0.15) is 0 Å². The first-order valence-corrected chi connectivity index (χ1v) is 11.7. The van der Waals surface area contributed by atoms with Gasteiger partial charge in [0.2, 0.25) is 0 Å². The first-order valence-electron chi connectivity index (χ1n) is 6.53. The van der Waals surface area contributed by atoms with Crippen LogP contribution >= 0.6 is 0 Å². The van der Waals surface area contributed by atoms with Crippen molar-refractivity contribution in [3.05, 3.63) is 0 Å². The Labute approximate surface area is 105 Å². The van der Waals surface area contributed by atoms with Crippen molar-refractivity contribution in [2.75, 3.05) is 14.2 Å². The van der Waals surface area contributed by atoms with Gasteiger partial charge < -0.3 is 8.85 Å². The highest BCUT2D eigenvalue weighted by molar-refractivity contribution is 6.86. The highest BCUT2D eigenvalue weighted by atomic mass is 28.4. The SMILES string of the molecule is CCCCCCC([SiH](OC)OC)[Si](C)(C)C. The minimum absolute atomic E-state index is 0.749. The van der Waals surface area contributed by atoms with E-state index in [-0.39, 0.29) is 0 Å². The quantitative estimate of drug-likeness (QED) is 0.466. The molecule has 98 valence electrons. The lowest BCUT2D eigenvalue weighted by Crippen LogP contribution is -2.41. The maximum atomic E-state index is 5.60. The van der Waals surface area contributed by atoms with Gasteiger partial charge in [-0.05, 0) is 5.16 Å². The molecule has 4 heteroatoms. The second-order valence-corrected chi connectivity index (χ2v) is 14.3. The van der Waals surface area contributed by atoms with Crippen molar-refractivity contribution in [3.8, 4) is 0 Å². The molecule has 0 spiro atoms. The molecule has 2 nitrogen and oxygen atoms in total. The lowest BCUT2D eigenvalue weighted by atomic mass is 10.2. The van der Waals surface area contributed by atoms with Crippen LogP contribution < -0.4 is 0 Å². The minimum Gasteiger partial charge on any atom is -0.400 e. The normalized spacial score (nSPS) is 14.4. The number of hydrogen-bond donors (Lipinski definition) is 0. The molecule has 0 N–H and O–H groups in total. The third kappa shape index (κ3) is 6.18. The van der Waals surface area contributed by atoms with E-state index in [0.717, 1.165) is 5.16 Å². The van der Waals surface area contributed by atoms with Crippen LogP contribution in [-0.2, 0) is 8.85 Å². The monoisotopic (exact) mass is 262 g/mol. The lowest BCUT2D eigenvalue weighted by molar-refractivity contribution is 0.270. The Balaban J connectivity index is 4.21. The van der Waals surface area contributed by atoms with Crippen LogP contribution in [0.15, 0.2) is 0 Å². The zero-order valence-electron chi connectivity index (χ0n) is 12.0. The van der Waals surface area contributed by atoms with Crippen LogP contribution in [0.1, 0.15) is 39.0 Å². The van der Waals surface area contributed by atoms with E-state index in [1.54, 1.807) is 0 Å². The van der Waals surface area contributed by atoms with Gasteiger partial charge in [0.05, 0.1) is 0 Å². The van der Waals surface area contributed by atoms with Gasteiger partial charge in [-0.1, -0.05) is 58.7 Å². The van der Waals surface area contributed by atoms with Crippen molar-refractivity contribution in [3.63, 3.8) is 0 Å². The van der Waals surface area contributed by atoms with E-state index >= 15 is 0 Å². The molecule has 0 aromatic rings. The molecule has 0 heterocycles. The highest BCUT2D eigenvalue weighted by Gasteiger charge is 2.35. The molecular formula is C12H30O2Si2. The van der Waals surface area contributed by atoms with Crippen LogP contribution in [0.5, 0.6) is 0 Å². The van der Waals surface area contributed by atoms with Gasteiger partial charge in [-0.25, -0.2) is 0 Å². The summed E-state index contributed by atoms with van der Waals surface area (Å²) in [5, 5.41) is 0.749. The molecule has 0 fully saturated rings. The second kappa shape index (κ2) is 8.45. The van der Waals surface area contributed by atoms with Crippen molar-refractivity contribution < 1.29 is 8.85 Å². The van der Waals surface area contributed by atoms with Gasteiger partial charge in [-0.15, -0.1) is 0 Å². The predicted molar refractivity (Wildman–Crippen MR) is 77.0 cm³/mol. The maximum Gasteiger partial charge on any atom is 0.321 e. The van der Waals surface area contributed by atoms with Gasteiger partial charge in [0.15, 0.2) is 0 Å². The summed E-state index contributed by atoms with van der Waals surface area (Å²) in [5.74, 6) is 0. The van der Waals surface area contributed by atoms with Crippen molar-refractivity contribution in [2.24, 2.45) is 0 Å². The fourth-order valence-electron chi connectivity index (χ4n) is 2.19. The first kappa shape index (κ1) is 16.4. The third-order valence-electron chi connectivity index (χ3n) is 3.27. The molecule has 16 heavy (non-hydrogen) atoms. The summed E-state index contributed by atoms with van der Waals surface area (Å²) in [6, 6.07) is 0. The van der Waals surface area contributed by atoms with E-state index in [1.165, 1.54) is 32.1 Å². The standard InChI is InChI=1S/C12H30O2Si2/c1-7-8-9-10-11-12(16(4,5)6)15(13-2)14-3/h12,15H,7-11H2,1-6H3. The average Bonchev–Trinajstić information content (AvgIpc) is 2.21. The lowest BCUT2D eigenvalue weighted by Gasteiger charge is -2.32. The molecule has 0 radical (unpaired) electrons. The predicted octanol–water partition coefficient (Wildman–Crippen LogP) is 3.72. The number of rotatable bonds is 9. The molecule has 0 aromatic carbocycles. The van der Waals surface area contributed by atoms with Crippen molar-refractivity contribution in [2.45, 2.75) is 63.8 Å². The molecule has 0 saturated heterocycles. The van der Waals surface area contributed by atoms with Crippen LogP contribution in [0.2, 0.25) is 24.8 Å². The topological polar surface area (TPSA) is 18.5 Å². The van der Waals surface area contributed by atoms with Gasteiger partial charge in [0.25, 0.3) is 0 Å². The fraction of sp³-hybridized carbons (Fsp3) is 1.00. The summed E-state index contributed by atoms with van der Waals surface area (Å²) in [7, 11) is 1.08. The maximum absolute atomic E-state index is 5.60. The molecular weight excluding hydrogens is 232 g/mol. The average molecular weight is 263 g/mol. The Morgan fingerprint density at radius 1 is 1.00 bits per heavy atom. The molecule has 0 aliphatic carbocycles. The molecule has 0 amide bonds. The van der Waals surface area contributed by atoms with Gasteiger partial charge >= 0.3 is 9.28 Å². The molecule has 1 atom stereocenters. The highest BCUT2D eigenvalue weighted by Crippen LogP contribution is 2.31. The van der Waals surface area contributed by atoms with Gasteiger partial charge in [0, 0.05) is 22.3 Å². The van der Waals surface area contributed by atoms with E-state index in [2.05, 4.69) is 26.6 Å². The zero-order valence-corrected chi connectivity index (χ0v) is 14.2. The molecule has 0 saturated carbocycles. The van der Waals surface area contributed by atoms with Crippen molar-refractivity contribution >= 4 is 17.4 Å². The van der Waals surface area contributed by atoms with Crippen LogP contribution in [0.25, 0.3) is 0 Å². The van der Waals surface area contributed by atoms with Gasteiger partial charge in [-0.2, -0.15) is 0 Å². The second-order valence-electron chi connectivity index (χ2n) is 5.66. The Bertz CT molecular complexity index is 165. The minimum atomic E-state index is -1.42. The smallest absolute Gasteiger partial charge is 0.321 e. The largest absolute Gasteiger partial charge is 0.400 e. The molecule has 0 rings (SSSR count). The van der Waals surface area contributed by atoms with Crippen LogP contribution in [0.4, 0.5) is 0 Å². The van der Waals surface area contributed by atoms with Crippen molar-refractivity contribution in [1.82, 2.24) is 0 Å². The van der Waals surface area contributed by atoms with Crippen molar-refractivity contribution in [1.29, 1.82) is 0 Å². The molecule has 0 aliphatic heterocycles. The summed E-state index contributed by atoms with van der Waals surface area (Å²) in [6.07, 6.45) is 6.71.